The van der Waals surface area contributed by atoms with E-state index in [1.807, 2.05) is 0 Å². The fourth-order valence-corrected chi connectivity index (χ4v) is 2.77. The Balaban J connectivity index is 1.86. The fourth-order valence-electron chi connectivity index (χ4n) is 2.77. The predicted molar refractivity (Wildman–Crippen MR) is 61.3 cm³/mol. The fraction of sp³-hybridized carbons (Fsp3) is 0.462. The minimum atomic E-state index is -0.249. The Hall–Kier alpha value is -1.22. The molecule has 0 radical (unpaired) electrons. The molecule has 1 fully saturated rings. The lowest BCUT2D eigenvalue weighted by Gasteiger charge is -2.25. The van der Waals surface area contributed by atoms with Crippen LogP contribution in [0.5, 0.6) is 0 Å². The van der Waals surface area contributed by atoms with Crippen LogP contribution in [0.2, 0.25) is 0 Å². The molecule has 16 heavy (non-hydrogen) atoms. The molecule has 0 amide bonds. The number of aromatic nitrogens is 1. The minimum Gasteiger partial charge on any atom is -0.310 e. The largest absolute Gasteiger partial charge is 0.310 e. The molecule has 1 aromatic heterocycles. The van der Waals surface area contributed by atoms with E-state index in [0.717, 1.165) is 18.5 Å². The Morgan fingerprint density at radius 3 is 3.12 bits per heavy atom. The average molecular weight is 218 g/mol. The lowest BCUT2D eigenvalue weighted by Crippen LogP contribution is -2.37. The predicted octanol–water partition coefficient (Wildman–Crippen LogP) is 2.38. The van der Waals surface area contributed by atoms with Gasteiger partial charge in [0.25, 0.3) is 0 Å². The monoisotopic (exact) mass is 218 g/mol. The van der Waals surface area contributed by atoms with E-state index in [4.69, 9.17) is 0 Å². The third kappa shape index (κ3) is 1.76. The van der Waals surface area contributed by atoms with Gasteiger partial charge in [0.15, 0.2) is 0 Å². The number of hydrogen-bond acceptors (Lipinski definition) is 2. The van der Waals surface area contributed by atoms with Crippen LogP contribution in [0, 0.1) is 11.7 Å². The van der Waals surface area contributed by atoms with E-state index in [-0.39, 0.29) is 5.82 Å². The molecular formula is C13H15FN2. The Morgan fingerprint density at radius 1 is 1.38 bits per heavy atom. The minimum absolute atomic E-state index is 0.249. The number of pyridine rings is 1. The molecule has 0 bridgehead atoms. The summed E-state index contributed by atoms with van der Waals surface area (Å²) in [5.41, 5.74) is 2.19. The lowest BCUT2D eigenvalue weighted by molar-refractivity contribution is 0.341. The normalized spacial score (nSPS) is 28.7. The number of nitrogens with one attached hydrogen (secondary N) is 1. The molecule has 1 saturated heterocycles. The second-order valence-electron chi connectivity index (χ2n) is 4.67. The standard InChI is InChI=1S/C13H15FN2/c14-12-5-11(7-15-8-12)10-4-9-2-1-3-16-13(9)6-10/h5-9,13,16H,1-4H2/t9-,13+/m1/s1. The number of rotatable bonds is 1. The summed E-state index contributed by atoms with van der Waals surface area (Å²) in [6.07, 6.45) is 8.85. The van der Waals surface area contributed by atoms with Crippen molar-refractivity contribution in [1.82, 2.24) is 10.3 Å². The first-order chi connectivity index (χ1) is 7.83. The van der Waals surface area contributed by atoms with E-state index < -0.39 is 0 Å². The molecule has 2 heterocycles. The molecule has 0 saturated carbocycles. The second kappa shape index (κ2) is 3.98. The summed E-state index contributed by atoms with van der Waals surface area (Å²) in [6.45, 7) is 1.10. The Labute approximate surface area is 94.6 Å². The SMILES string of the molecule is Fc1cncc(C2=C[C@@H]3NCCC[C@@H]3C2)c1. The molecule has 1 aromatic rings. The number of nitrogens with zero attached hydrogens (tertiary/aromatic N) is 1. The molecule has 2 aliphatic rings. The van der Waals surface area contributed by atoms with Gasteiger partial charge in [-0.05, 0) is 48.9 Å². The first kappa shape index (κ1) is 9.97. The molecule has 2 atom stereocenters. The smallest absolute Gasteiger partial charge is 0.142 e. The van der Waals surface area contributed by atoms with Gasteiger partial charge in [-0.25, -0.2) is 4.39 Å². The molecule has 1 N–H and O–H groups in total. The van der Waals surface area contributed by atoms with Gasteiger partial charge in [-0.3, -0.25) is 4.98 Å². The van der Waals surface area contributed by atoms with Crippen LogP contribution in [-0.2, 0) is 0 Å². The van der Waals surface area contributed by atoms with E-state index >= 15 is 0 Å². The molecule has 0 spiro atoms. The van der Waals surface area contributed by atoms with Crippen molar-refractivity contribution in [2.24, 2.45) is 5.92 Å². The van der Waals surface area contributed by atoms with E-state index in [1.54, 1.807) is 12.3 Å². The van der Waals surface area contributed by atoms with Crippen LogP contribution in [0.3, 0.4) is 0 Å². The lowest BCUT2D eigenvalue weighted by atomic mass is 9.92. The zero-order valence-electron chi connectivity index (χ0n) is 9.12. The molecule has 2 nitrogen and oxygen atoms in total. The highest BCUT2D eigenvalue weighted by Crippen LogP contribution is 2.36. The maximum absolute atomic E-state index is 13.1. The van der Waals surface area contributed by atoms with Gasteiger partial charge in [-0.2, -0.15) is 0 Å². The van der Waals surface area contributed by atoms with Gasteiger partial charge in [-0.15, -0.1) is 0 Å². The topological polar surface area (TPSA) is 24.9 Å². The van der Waals surface area contributed by atoms with E-state index in [2.05, 4.69) is 16.4 Å². The van der Waals surface area contributed by atoms with Crippen molar-refractivity contribution in [2.75, 3.05) is 6.54 Å². The van der Waals surface area contributed by atoms with Crippen LogP contribution in [0.15, 0.2) is 24.5 Å². The van der Waals surface area contributed by atoms with Gasteiger partial charge < -0.3 is 5.32 Å². The van der Waals surface area contributed by atoms with Crippen molar-refractivity contribution in [2.45, 2.75) is 25.3 Å². The van der Waals surface area contributed by atoms with Crippen molar-refractivity contribution < 1.29 is 4.39 Å². The molecule has 1 aliphatic carbocycles. The Morgan fingerprint density at radius 2 is 2.31 bits per heavy atom. The van der Waals surface area contributed by atoms with E-state index in [1.165, 1.54) is 24.6 Å². The van der Waals surface area contributed by atoms with Gasteiger partial charge >= 0.3 is 0 Å². The van der Waals surface area contributed by atoms with Crippen LogP contribution in [-0.4, -0.2) is 17.6 Å². The Bertz CT molecular complexity index is 428. The first-order valence-corrected chi connectivity index (χ1v) is 5.88. The molecular weight excluding hydrogens is 203 g/mol. The summed E-state index contributed by atoms with van der Waals surface area (Å²) in [4.78, 5) is 3.91. The van der Waals surface area contributed by atoms with Crippen LogP contribution in [0.25, 0.3) is 5.57 Å². The average Bonchev–Trinajstić information content (AvgIpc) is 2.72. The highest BCUT2D eigenvalue weighted by molar-refractivity contribution is 5.68. The summed E-state index contributed by atoms with van der Waals surface area (Å²) < 4.78 is 13.1. The summed E-state index contributed by atoms with van der Waals surface area (Å²) in [5, 5.41) is 3.50. The molecule has 1 aliphatic heterocycles. The quantitative estimate of drug-likeness (QED) is 0.782. The van der Waals surface area contributed by atoms with Gasteiger partial charge in [0.05, 0.1) is 6.20 Å². The van der Waals surface area contributed by atoms with Crippen molar-refractivity contribution in [3.63, 3.8) is 0 Å². The third-order valence-electron chi connectivity index (χ3n) is 3.58. The maximum atomic E-state index is 13.1. The molecule has 0 unspecified atom stereocenters. The number of halogens is 1. The zero-order chi connectivity index (χ0) is 11.0. The summed E-state index contributed by atoms with van der Waals surface area (Å²) in [6, 6.07) is 2.07. The third-order valence-corrected chi connectivity index (χ3v) is 3.58. The molecule has 3 heteroatoms. The van der Waals surface area contributed by atoms with Crippen LogP contribution in [0.1, 0.15) is 24.8 Å². The van der Waals surface area contributed by atoms with Crippen molar-refractivity contribution in [3.05, 3.63) is 35.9 Å². The number of piperidine rings is 1. The summed E-state index contributed by atoms with van der Waals surface area (Å²) >= 11 is 0. The zero-order valence-corrected chi connectivity index (χ0v) is 9.12. The van der Waals surface area contributed by atoms with E-state index in [0.29, 0.717) is 12.0 Å². The van der Waals surface area contributed by atoms with Crippen LogP contribution >= 0.6 is 0 Å². The number of allylic oxidation sites excluding steroid dienone is 1. The summed E-state index contributed by atoms with van der Waals surface area (Å²) in [5.74, 6) is 0.452. The molecule has 3 rings (SSSR count). The highest BCUT2D eigenvalue weighted by atomic mass is 19.1. The van der Waals surface area contributed by atoms with Gasteiger partial charge in [0.1, 0.15) is 5.82 Å². The number of fused-ring (bicyclic) bond motifs is 1. The van der Waals surface area contributed by atoms with Gasteiger partial charge in [0.2, 0.25) is 0 Å². The highest BCUT2D eigenvalue weighted by Gasteiger charge is 2.29. The van der Waals surface area contributed by atoms with Crippen molar-refractivity contribution in [3.8, 4) is 0 Å². The van der Waals surface area contributed by atoms with Gasteiger partial charge in [0, 0.05) is 12.2 Å². The summed E-state index contributed by atoms with van der Waals surface area (Å²) in [7, 11) is 0. The molecule has 0 aromatic carbocycles. The van der Waals surface area contributed by atoms with E-state index in [9.17, 15) is 4.39 Å². The maximum Gasteiger partial charge on any atom is 0.142 e. The van der Waals surface area contributed by atoms with Crippen LogP contribution in [0.4, 0.5) is 4.39 Å². The first-order valence-electron chi connectivity index (χ1n) is 5.88. The second-order valence-corrected chi connectivity index (χ2v) is 4.67. The number of hydrogen-bond donors (Lipinski definition) is 1. The van der Waals surface area contributed by atoms with Crippen LogP contribution < -0.4 is 5.32 Å². The van der Waals surface area contributed by atoms with Crippen molar-refractivity contribution >= 4 is 5.57 Å². The van der Waals surface area contributed by atoms with Gasteiger partial charge in [-0.1, -0.05) is 6.08 Å². The Kier molecular flexibility index (Phi) is 2.48. The van der Waals surface area contributed by atoms with Crippen molar-refractivity contribution in [1.29, 1.82) is 0 Å². The molecule has 84 valence electrons.